The molecule has 0 radical (unpaired) electrons. The van der Waals surface area contributed by atoms with Crippen molar-refractivity contribution in [2.45, 2.75) is 72.1 Å². The van der Waals surface area contributed by atoms with Crippen molar-refractivity contribution in [3.8, 4) is 17.2 Å². The molecule has 1 aliphatic rings. The fraction of sp³-hybridized carbons (Fsp3) is 0.520. The predicted octanol–water partition coefficient (Wildman–Crippen LogP) is 4.93. The molecule has 0 spiro atoms. The van der Waals surface area contributed by atoms with Crippen LogP contribution in [0, 0.1) is 19.7 Å². The van der Waals surface area contributed by atoms with Crippen LogP contribution in [0.5, 0.6) is 5.75 Å². The first-order chi connectivity index (χ1) is 16.5. The number of rotatable bonds is 4. The van der Waals surface area contributed by atoms with Crippen LogP contribution in [0.2, 0.25) is 0 Å². The number of pyridine rings is 1. The zero-order chi connectivity index (χ0) is 25.5. The first-order valence-electron chi connectivity index (χ1n) is 11.7. The van der Waals surface area contributed by atoms with Crippen molar-refractivity contribution in [1.82, 2.24) is 20.4 Å². The number of hydrogen-bond acceptors (Lipinski definition) is 8. The Labute approximate surface area is 204 Å². The number of methoxy groups -OCH3 is 1. The number of hydrogen-bond donors (Lipinski definition) is 1. The minimum atomic E-state index is -0.563. The molecule has 1 amide bonds. The average molecular weight is 486 g/mol. The fourth-order valence-electron chi connectivity index (χ4n) is 4.51. The van der Waals surface area contributed by atoms with Crippen LogP contribution >= 0.6 is 0 Å². The fourth-order valence-corrected chi connectivity index (χ4v) is 4.51. The average Bonchev–Trinajstić information content (AvgIpc) is 3.18. The van der Waals surface area contributed by atoms with Gasteiger partial charge in [-0.3, -0.25) is 0 Å². The number of carbonyl (C=O) groups excluding carboxylic acids is 1. The summed E-state index contributed by atoms with van der Waals surface area (Å²) in [6.07, 6.45) is 0.919. The maximum absolute atomic E-state index is 15.1. The Balaban J connectivity index is 1.72. The van der Waals surface area contributed by atoms with Gasteiger partial charge in [0.1, 0.15) is 22.7 Å². The summed E-state index contributed by atoms with van der Waals surface area (Å²) in [6, 6.07) is 3.04. The second-order valence-electron chi connectivity index (χ2n) is 10.00. The molecule has 0 aliphatic carbocycles. The number of aromatic nitrogens is 3. The first-order valence-corrected chi connectivity index (χ1v) is 11.7. The van der Waals surface area contributed by atoms with Crippen molar-refractivity contribution in [3.05, 3.63) is 29.3 Å². The van der Waals surface area contributed by atoms with Crippen molar-refractivity contribution in [2.24, 2.45) is 0 Å². The molecule has 0 unspecified atom stereocenters. The summed E-state index contributed by atoms with van der Waals surface area (Å²) in [5.41, 5.74) is 1.12. The second-order valence-corrected chi connectivity index (χ2v) is 10.00. The Hall–Kier alpha value is -3.43. The number of fused-ring (bicyclic) bond motifs is 1. The molecule has 0 bridgehead atoms. The van der Waals surface area contributed by atoms with Crippen molar-refractivity contribution < 1.29 is 23.2 Å². The summed E-state index contributed by atoms with van der Waals surface area (Å²) >= 11 is 0. The number of nitrogens with zero attached hydrogens (tertiary/aromatic N) is 4. The lowest BCUT2D eigenvalue weighted by Crippen LogP contribution is -2.50. The summed E-state index contributed by atoms with van der Waals surface area (Å²) in [6.45, 7) is 11.8. The van der Waals surface area contributed by atoms with Crippen LogP contribution in [0.25, 0.3) is 22.4 Å². The standard InChI is InChI=1S/C25H32FN5O4/c1-13-10-16(28-24(32)34-25(4,5)6)8-9-31(13)22-20(23-27-15(3)30-35-23)14(2)18-11-17(33-7)12-19(26)21(18)29-22/h11-13,16H,8-10H2,1-7H3,(H,28,32)/t13-,16+/m0/s1. The molecule has 1 saturated heterocycles. The monoisotopic (exact) mass is 485 g/mol. The van der Waals surface area contributed by atoms with Crippen molar-refractivity contribution >= 4 is 22.8 Å². The van der Waals surface area contributed by atoms with E-state index in [2.05, 4.69) is 27.3 Å². The van der Waals surface area contributed by atoms with E-state index in [1.165, 1.54) is 13.2 Å². The molecular formula is C25H32FN5O4. The number of amides is 1. The van der Waals surface area contributed by atoms with Gasteiger partial charge in [0.15, 0.2) is 11.6 Å². The molecule has 1 fully saturated rings. The van der Waals surface area contributed by atoms with Crippen molar-refractivity contribution in [2.75, 3.05) is 18.6 Å². The van der Waals surface area contributed by atoms with Gasteiger partial charge in [-0.1, -0.05) is 5.16 Å². The lowest BCUT2D eigenvalue weighted by Gasteiger charge is -2.39. The lowest BCUT2D eigenvalue weighted by molar-refractivity contribution is 0.0494. The van der Waals surface area contributed by atoms with Crippen LogP contribution in [0.4, 0.5) is 15.0 Å². The van der Waals surface area contributed by atoms with Crippen LogP contribution in [0.15, 0.2) is 16.7 Å². The number of halogens is 1. The number of alkyl carbamates (subject to hydrolysis) is 1. The molecule has 10 heteroatoms. The molecule has 35 heavy (non-hydrogen) atoms. The minimum absolute atomic E-state index is 0.00267. The summed E-state index contributed by atoms with van der Waals surface area (Å²) in [5, 5.41) is 7.54. The molecule has 3 aromatic rings. The van der Waals surface area contributed by atoms with Crippen molar-refractivity contribution in [1.29, 1.82) is 0 Å². The molecular weight excluding hydrogens is 453 g/mol. The highest BCUT2D eigenvalue weighted by molar-refractivity contribution is 5.93. The molecule has 0 saturated carbocycles. The van der Waals surface area contributed by atoms with E-state index in [4.69, 9.17) is 19.0 Å². The van der Waals surface area contributed by atoms with E-state index in [0.717, 1.165) is 5.56 Å². The number of anilines is 1. The molecule has 1 aliphatic heterocycles. The van der Waals surface area contributed by atoms with Gasteiger partial charge < -0.3 is 24.2 Å². The highest BCUT2D eigenvalue weighted by atomic mass is 19.1. The topological polar surface area (TPSA) is 103 Å². The zero-order valence-corrected chi connectivity index (χ0v) is 21.2. The van der Waals surface area contributed by atoms with Gasteiger partial charge in [-0.25, -0.2) is 14.2 Å². The molecule has 2 atom stereocenters. The third-order valence-electron chi connectivity index (χ3n) is 6.10. The van der Waals surface area contributed by atoms with Gasteiger partial charge in [0.25, 0.3) is 5.89 Å². The third-order valence-corrected chi connectivity index (χ3v) is 6.10. The SMILES string of the molecule is COc1cc(F)c2nc(N3CC[C@@H](NC(=O)OC(C)(C)C)C[C@@H]3C)c(-c3nc(C)no3)c(C)c2c1. The van der Waals surface area contributed by atoms with E-state index in [-0.39, 0.29) is 17.6 Å². The number of nitrogens with one attached hydrogen (secondary N) is 1. The Morgan fingerprint density at radius 3 is 2.60 bits per heavy atom. The van der Waals surface area contributed by atoms with Gasteiger partial charge in [-0.05, 0) is 66.0 Å². The summed E-state index contributed by atoms with van der Waals surface area (Å²) in [4.78, 5) is 23.6. The number of carbonyl (C=O) groups is 1. The summed E-state index contributed by atoms with van der Waals surface area (Å²) in [5.74, 6) is 1.34. The largest absolute Gasteiger partial charge is 0.497 e. The van der Waals surface area contributed by atoms with E-state index < -0.39 is 17.5 Å². The van der Waals surface area contributed by atoms with Crippen LogP contribution in [0.1, 0.15) is 51.9 Å². The lowest BCUT2D eigenvalue weighted by atomic mass is 9.96. The van der Waals surface area contributed by atoms with E-state index in [1.54, 1.807) is 13.0 Å². The van der Waals surface area contributed by atoms with Gasteiger partial charge in [0, 0.05) is 30.1 Å². The molecule has 1 N–H and O–H groups in total. The van der Waals surface area contributed by atoms with E-state index in [1.807, 2.05) is 27.7 Å². The number of aryl methyl sites for hydroxylation is 2. The normalized spacial score (nSPS) is 18.6. The molecule has 188 valence electrons. The highest BCUT2D eigenvalue weighted by Gasteiger charge is 2.32. The summed E-state index contributed by atoms with van der Waals surface area (Å²) < 4.78 is 31.3. The number of benzene rings is 1. The summed E-state index contributed by atoms with van der Waals surface area (Å²) in [7, 11) is 1.50. The van der Waals surface area contributed by atoms with Crippen LogP contribution in [-0.2, 0) is 4.74 Å². The highest BCUT2D eigenvalue weighted by Crippen LogP contribution is 2.40. The first kappa shape index (κ1) is 24.7. The quantitative estimate of drug-likeness (QED) is 0.555. The predicted molar refractivity (Wildman–Crippen MR) is 130 cm³/mol. The van der Waals surface area contributed by atoms with Crippen LogP contribution in [-0.4, -0.2) is 52.6 Å². The Kier molecular flexibility index (Phi) is 6.57. The van der Waals surface area contributed by atoms with Gasteiger partial charge in [-0.2, -0.15) is 4.98 Å². The molecule has 9 nitrogen and oxygen atoms in total. The third kappa shape index (κ3) is 5.16. The maximum atomic E-state index is 15.1. The smallest absolute Gasteiger partial charge is 0.407 e. The zero-order valence-electron chi connectivity index (χ0n) is 21.2. The minimum Gasteiger partial charge on any atom is -0.497 e. The Morgan fingerprint density at radius 1 is 1.26 bits per heavy atom. The molecule has 4 rings (SSSR count). The van der Waals surface area contributed by atoms with Crippen LogP contribution in [0.3, 0.4) is 0 Å². The van der Waals surface area contributed by atoms with E-state index in [9.17, 15) is 4.79 Å². The maximum Gasteiger partial charge on any atom is 0.407 e. The Morgan fingerprint density at radius 2 is 2.00 bits per heavy atom. The van der Waals surface area contributed by atoms with Crippen LogP contribution < -0.4 is 15.0 Å². The molecule has 2 aromatic heterocycles. The van der Waals surface area contributed by atoms with Gasteiger partial charge in [0.2, 0.25) is 0 Å². The van der Waals surface area contributed by atoms with Gasteiger partial charge in [0.05, 0.1) is 12.7 Å². The van der Waals surface area contributed by atoms with Crippen molar-refractivity contribution in [3.63, 3.8) is 0 Å². The Bertz CT molecular complexity index is 1250. The van der Waals surface area contributed by atoms with E-state index in [0.29, 0.717) is 53.6 Å². The van der Waals surface area contributed by atoms with E-state index >= 15 is 4.39 Å². The number of piperidine rings is 1. The van der Waals surface area contributed by atoms with Gasteiger partial charge in [-0.15, -0.1) is 0 Å². The second kappa shape index (κ2) is 9.31. The van der Waals surface area contributed by atoms with Gasteiger partial charge >= 0.3 is 6.09 Å². The number of ether oxygens (including phenoxy) is 2. The molecule has 1 aromatic carbocycles. The molecule has 3 heterocycles.